The Kier molecular flexibility index (Phi) is 4.94. The van der Waals surface area contributed by atoms with E-state index >= 15 is 0 Å². The van der Waals surface area contributed by atoms with Crippen LogP contribution in [-0.2, 0) is 16.0 Å². The van der Waals surface area contributed by atoms with Gasteiger partial charge in [0.25, 0.3) is 0 Å². The predicted molar refractivity (Wildman–Crippen MR) is 94.8 cm³/mol. The van der Waals surface area contributed by atoms with Crippen LogP contribution in [-0.4, -0.2) is 52.8 Å². The SMILES string of the molecule is CC(=O)N1CCN(C(=O)Cc2sc(-c3ccccc3)nc2C)CC1. The van der Waals surface area contributed by atoms with Crippen molar-refractivity contribution >= 4 is 23.2 Å². The Bertz CT molecular complexity index is 734. The van der Waals surface area contributed by atoms with Crippen molar-refractivity contribution in [2.75, 3.05) is 26.2 Å². The molecule has 24 heavy (non-hydrogen) atoms. The van der Waals surface area contributed by atoms with Gasteiger partial charge in [0, 0.05) is 43.5 Å². The van der Waals surface area contributed by atoms with Crippen LogP contribution in [0, 0.1) is 6.92 Å². The van der Waals surface area contributed by atoms with Crippen LogP contribution in [0.2, 0.25) is 0 Å². The summed E-state index contributed by atoms with van der Waals surface area (Å²) in [6.07, 6.45) is 0.385. The molecule has 2 amide bonds. The van der Waals surface area contributed by atoms with Gasteiger partial charge in [0.1, 0.15) is 5.01 Å². The number of amides is 2. The molecule has 0 saturated carbocycles. The van der Waals surface area contributed by atoms with Gasteiger partial charge < -0.3 is 9.80 Å². The fourth-order valence-corrected chi connectivity index (χ4v) is 3.88. The minimum atomic E-state index is 0.0768. The molecule has 126 valence electrons. The number of nitrogens with zero attached hydrogens (tertiary/aromatic N) is 3. The third-order valence-electron chi connectivity index (χ3n) is 4.30. The molecule has 5 nitrogen and oxygen atoms in total. The van der Waals surface area contributed by atoms with Gasteiger partial charge in [-0.2, -0.15) is 0 Å². The topological polar surface area (TPSA) is 53.5 Å². The minimum absolute atomic E-state index is 0.0768. The zero-order valence-corrected chi connectivity index (χ0v) is 14.8. The maximum atomic E-state index is 12.5. The van der Waals surface area contributed by atoms with E-state index in [1.165, 1.54) is 0 Å². The Labute approximate surface area is 145 Å². The van der Waals surface area contributed by atoms with E-state index in [0.717, 1.165) is 21.1 Å². The molecule has 0 spiro atoms. The molecule has 0 radical (unpaired) electrons. The van der Waals surface area contributed by atoms with Gasteiger partial charge >= 0.3 is 0 Å². The Morgan fingerprint density at radius 1 is 1.08 bits per heavy atom. The fraction of sp³-hybridized carbons (Fsp3) is 0.389. The van der Waals surface area contributed by atoms with E-state index in [1.54, 1.807) is 23.2 Å². The summed E-state index contributed by atoms with van der Waals surface area (Å²) in [6.45, 7) is 6.00. The van der Waals surface area contributed by atoms with Crippen LogP contribution in [0.15, 0.2) is 30.3 Å². The van der Waals surface area contributed by atoms with E-state index in [9.17, 15) is 9.59 Å². The van der Waals surface area contributed by atoms with Crippen molar-refractivity contribution in [3.05, 3.63) is 40.9 Å². The molecule has 1 saturated heterocycles. The summed E-state index contributed by atoms with van der Waals surface area (Å²) in [5.74, 6) is 0.192. The normalized spacial score (nSPS) is 14.8. The summed E-state index contributed by atoms with van der Waals surface area (Å²) in [5.41, 5.74) is 2.01. The summed E-state index contributed by atoms with van der Waals surface area (Å²) < 4.78 is 0. The molecule has 1 aromatic carbocycles. The van der Waals surface area contributed by atoms with Gasteiger partial charge in [-0.25, -0.2) is 4.98 Å². The van der Waals surface area contributed by atoms with Crippen LogP contribution in [0.25, 0.3) is 10.6 Å². The second-order valence-corrected chi connectivity index (χ2v) is 7.04. The van der Waals surface area contributed by atoms with E-state index in [0.29, 0.717) is 32.6 Å². The van der Waals surface area contributed by atoms with Gasteiger partial charge in [-0.15, -0.1) is 11.3 Å². The van der Waals surface area contributed by atoms with Crippen LogP contribution in [0.3, 0.4) is 0 Å². The van der Waals surface area contributed by atoms with Crippen molar-refractivity contribution in [3.8, 4) is 10.6 Å². The zero-order chi connectivity index (χ0) is 17.1. The van der Waals surface area contributed by atoms with Crippen molar-refractivity contribution in [3.63, 3.8) is 0 Å². The van der Waals surface area contributed by atoms with Gasteiger partial charge in [-0.1, -0.05) is 30.3 Å². The first kappa shape index (κ1) is 16.6. The first-order valence-electron chi connectivity index (χ1n) is 8.09. The second kappa shape index (κ2) is 7.13. The van der Waals surface area contributed by atoms with E-state index in [2.05, 4.69) is 4.98 Å². The molecular formula is C18H21N3O2S. The average Bonchev–Trinajstić information content (AvgIpc) is 2.96. The summed E-state index contributed by atoms with van der Waals surface area (Å²) in [6, 6.07) is 10.0. The molecule has 0 bridgehead atoms. The van der Waals surface area contributed by atoms with Crippen LogP contribution >= 0.6 is 11.3 Å². The highest BCUT2D eigenvalue weighted by Gasteiger charge is 2.23. The Morgan fingerprint density at radius 2 is 1.71 bits per heavy atom. The highest BCUT2D eigenvalue weighted by atomic mass is 32.1. The summed E-state index contributed by atoms with van der Waals surface area (Å²) in [4.78, 5) is 33.2. The Hall–Kier alpha value is -2.21. The molecule has 0 atom stereocenters. The zero-order valence-electron chi connectivity index (χ0n) is 14.0. The number of benzene rings is 1. The highest BCUT2D eigenvalue weighted by molar-refractivity contribution is 7.15. The van der Waals surface area contributed by atoms with E-state index < -0.39 is 0 Å². The van der Waals surface area contributed by atoms with Crippen LogP contribution in [0.5, 0.6) is 0 Å². The number of thiazole rings is 1. The number of aromatic nitrogens is 1. The monoisotopic (exact) mass is 343 g/mol. The third kappa shape index (κ3) is 3.64. The predicted octanol–water partition coefficient (Wildman–Crippen LogP) is 2.35. The molecule has 1 aromatic heterocycles. The smallest absolute Gasteiger partial charge is 0.228 e. The van der Waals surface area contributed by atoms with Gasteiger partial charge in [0.15, 0.2) is 0 Å². The van der Waals surface area contributed by atoms with E-state index in [-0.39, 0.29) is 11.8 Å². The summed E-state index contributed by atoms with van der Waals surface area (Å²) in [7, 11) is 0. The lowest BCUT2D eigenvalue weighted by Gasteiger charge is -2.34. The molecule has 0 unspecified atom stereocenters. The standard InChI is InChI=1S/C18H21N3O2S/c1-13-16(24-18(19-13)15-6-4-3-5-7-15)12-17(23)21-10-8-20(9-11-21)14(2)22/h3-7H,8-12H2,1-2H3. The van der Waals surface area contributed by atoms with Gasteiger partial charge in [-0.05, 0) is 6.92 Å². The number of carbonyl (C=O) groups is 2. The number of hydrogen-bond acceptors (Lipinski definition) is 4. The molecule has 0 N–H and O–H groups in total. The molecule has 0 aliphatic carbocycles. The lowest BCUT2D eigenvalue weighted by Crippen LogP contribution is -2.50. The number of rotatable bonds is 3. The van der Waals surface area contributed by atoms with Gasteiger partial charge in [0.05, 0.1) is 12.1 Å². The Balaban J connectivity index is 1.65. The molecule has 2 heterocycles. The van der Waals surface area contributed by atoms with Crippen LogP contribution in [0.4, 0.5) is 0 Å². The van der Waals surface area contributed by atoms with Crippen LogP contribution in [0.1, 0.15) is 17.5 Å². The van der Waals surface area contributed by atoms with Gasteiger partial charge in [0.2, 0.25) is 11.8 Å². The lowest BCUT2D eigenvalue weighted by atomic mass is 10.2. The van der Waals surface area contributed by atoms with Crippen molar-refractivity contribution in [2.45, 2.75) is 20.3 Å². The first-order valence-corrected chi connectivity index (χ1v) is 8.91. The lowest BCUT2D eigenvalue weighted by molar-refractivity contribution is -0.137. The largest absolute Gasteiger partial charge is 0.339 e. The first-order chi connectivity index (χ1) is 11.5. The number of hydrogen-bond donors (Lipinski definition) is 0. The van der Waals surface area contributed by atoms with E-state index in [1.807, 2.05) is 42.2 Å². The number of piperazine rings is 1. The van der Waals surface area contributed by atoms with Crippen LogP contribution < -0.4 is 0 Å². The molecular weight excluding hydrogens is 322 g/mol. The number of aryl methyl sites for hydroxylation is 1. The van der Waals surface area contributed by atoms with Gasteiger partial charge in [-0.3, -0.25) is 9.59 Å². The summed E-state index contributed by atoms with van der Waals surface area (Å²) >= 11 is 1.59. The number of carbonyl (C=O) groups excluding carboxylic acids is 2. The van der Waals surface area contributed by atoms with Crippen molar-refractivity contribution < 1.29 is 9.59 Å². The van der Waals surface area contributed by atoms with E-state index in [4.69, 9.17) is 0 Å². The quantitative estimate of drug-likeness (QED) is 0.860. The summed E-state index contributed by atoms with van der Waals surface area (Å²) in [5, 5.41) is 0.956. The van der Waals surface area contributed by atoms with Crippen molar-refractivity contribution in [1.82, 2.24) is 14.8 Å². The van der Waals surface area contributed by atoms with Crippen molar-refractivity contribution in [1.29, 1.82) is 0 Å². The minimum Gasteiger partial charge on any atom is -0.339 e. The second-order valence-electron chi connectivity index (χ2n) is 5.96. The molecule has 1 fully saturated rings. The maximum absolute atomic E-state index is 12.5. The third-order valence-corrected chi connectivity index (χ3v) is 5.51. The highest BCUT2D eigenvalue weighted by Crippen LogP contribution is 2.28. The molecule has 1 aliphatic heterocycles. The average molecular weight is 343 g/mol. The fourth-order valence-electron chi connectivity index (χ4n) is 2.82. The van der Waals surface area contributed by atoms with Crippen molar-refractivity contribution in [2.24, 2.45) is 0 Å². The Morgan fingerprint density at radius 3 is 2.33 bits per heavy atom. The maximum Gasteiger partial charge on any atom is 0.228 e. The molecule has 1 aliphatic rings. The molecule has 3 rings (SSSR count). The molecule has 6 heteroatoms. The molecule has 2 aromatic rings.